The van der Waals surface area contributed by atoms with E-state index in [2.05, 4.69) is 24.4 Å². The summed E-state index contributed by atoms with van der Waals surface area (Å²) < 4.78 is 24.9. The zero-order valence-electron chi connectivity index (χ0n) is 18.8. The van der Waals surface area contributed by atoms with E-state index >= 15 is 0 Å². The molecule has 166 valence electrons. The maximum atomic E-state index is 13.1. The molecule has 3 aromatic rings. The van der Waals surface area contributed by atoms with Crippen LogP contribution in [0.3, 0.4) is 0 Å². The van der Waals surface area contributed by atoms with Gasteiger partial charge in [0.1, 0.15) is 17.3 Å². The molecule has 0 fully saturated rings. The van der Waals surface area contributed by atoms with Crippen molar-refractivity contribution in [2.75, 3.05) is 5.43 Å². The summed E-state index contributed by atoms with van der Waals surface area (Å²) in [5.74, 6) is 0.934. The topological polar surface area (TPSA) is 63.8 Å². The lowest BCUT2D eigenvalue weighted by Gasteiger charge is -2.14. The van der Waals surface area contributed by atoms with Crippen molar-refractivity contribution in [3.63, 3.8) is 0 Å². The van der Waals surface area contributed by atoms with Crippen molar-refractivity contribution in [2.45, 2.75) is 52.9 Å². The maximum absolute atomic E-state index is 13.1. The highest BCUT2D eigenvalue weighted by atomic mass is 19.1. The molecule has 0 saturated heterocycles. The Labute approximate surface area is 187 Å². The van der Waals surface area contributed by atoms with E-state index < -0.39 is 5.97 Å². The molecule has 1 aromatic heterocycles. The first-order valence-corrected chi connectivity index (χ1v) is 10.9. The number of hydrogen-bond acceptors (Lipinski definition) is 5. The van der Waals surface area contributed by atoms with E-state index in [4.69, 9.17) is 9.15 Å². The Balaban J connectivity index is 1.61. The van der Waals surface area contributed by atoms with Crippen molar-refractivity contribution in [1.29, 1.82) is 0 Å². The molecule has 0 bridgehead atoms. The monoisotopic (exact) mass is 434 g/mol. The van der Waals surface area contributed by atoms with Gasteiger partial charge >= 0.3 is 5.97 Å². The van der Waals surface area contributed by atoms with Crippen molar-refractivity contribution in [3.8, 4) is 5.75 Å². The maximum Gasteiger partial charge on any atom is 0.379 e. The van der Waals surface area contributed by atoms with Crippen LogP contribution in [-0.2, 0) is 6.42 Å². The predicted molar refractivity (Wildman–Crippen MR) is 123 cm³/mol. The molecule has 2 aromatic carbocycles. The van der Waals surface area contributed by atoms with E-state index in [9.17, 15) is 9.18 Å². The average molecular weight is 435 g/mol. The molecule has 32 heavy (non-hydrogen) atoms. The summed E-state index contributed by atoms with van der Waals surface area (Å²) in [4.78, 5) is 13.0. The number of nitrogens with one attached hydrogen (secondary N) is 1. The summed E-state index contributed by atoms with van der Waals surface area (Å²) in [6, 6.07) is 11.9. The van der Waals surface area contributed by atoms with Crippen LogP contribution in [0, 0.1) is 19.7 Å². The summed E-state index contributed by atoms with van der Waals surface area (Å²) in [5.41, 5.74) is 8.06. The van der Waals surface area contributed by atoms with Gasteiger partial charge in [-0.15, -0.1) is 0 Å². The van der Waals surface area contributed by atoms with Crippen LogP contribution in [0.4, 0.5) is 10.1 Å². The Morgan fingerprint density at radius 3 is 2.59 bits per heavy atom. The number of halogens is 1. The van der Waals surface area contributed by atoms with Gasteiger partial charge in [0, 0.05) is 17.5 Å². The summed E-state index contributed by atoms with van der Waals surface area (Å²) in [5, 5.41) is 4.52. The third-order valence-electron chi connectivity index (χ3n) is 5.67. The summed E-state index contributed by atoms with van der Waals surface area (Å²) >= 11 is 0. The van der Waals surface area contributed by atoms with Crippen molar-refractivity contribution < 1.29 is 18.3 Å². The lowest BCUT2D eigenvalue weighted by atomic mass is 9.93. The SMILES string of the molecule is Cc1ccc(C(C)C)c(OC(=O)c2oc3c(c2C)/C(=N/Nc2ccc(F)cc2)CCC3)c1. The number of carbonyl (C=O) groups excluding carboxylic acids is 1. The number of anilines is 1. The summed E-state index contributed by atoms with van der Waals surface area (Å²) in [6.07, 6.45) is 2.36. The largest absolute Gasteiger partial charge is 0.453 e. The Morgan fingerprint density at radius 1 is 1.12 bits per heavy atom. The normalized spacial score (nSPS) is 14.5. The molecule has 1 aliphatic carbocycles. The number of hydrazone groups is 1. The first-order chi connectivity index (χ1) is 15.3. The van der Waals surface area contributed by atoms with Gasteiger partial charge in [0.2, 0.25) is 5.76 Å². The zero-order chi connectivity index (χ0) is 22.8. The molecule has 0 unspecified atom stereocenters. The van der Waals surface area contributed by atoms with Crippen LogP contribution in [-0.4, -0.2) is 11.7 Å². The number of benzene rings is 2. The predicted octanol–water partition coefficient (Wildman–Crippen LogP) is 6.53. The van der Waals surface area contributed by atoms with Gasteiger partial charge in [-0.1, -0.05) is 26.0 Å². The van der Waals surface area contributed by atoms with E-state index in [-0.39, 0.29) is 17.5 Å². The van der Waals surface area contributed by atoms with E-state index in [0.717, 1.165) is 53.0 Å². The zero-order valence-corrected chi connectivity index (χ0v) is 18.8. The van der Waals surface area contributed by atoms with Gasteiger partial charge in [0.15, 0.2) is 0 Å². The minimum Gasteiger partial charge on any atom is -0.453 e. The number of esters is 1. The molecule has 1 aliphatic rings. The van der Waals surface area contributed by atoms with E-state index in [1.807, 2.05) is 32.0 Å². The van der Waals surface area contributed by atoms with Crippen LogP contribution in [0.25, 0.3) is 0 Å². The molecule has 5 nitrogen and oxygen atoms in total. The second-order valence-electron chi connectivity index (χ2n) is 8.47. The van der Waals surface area contributed by atoms with Crippen LogP contribution in [0.5, 0.6) is 5.75 Å². The molecular formula is C26H27FN2O3. The molecule has 4 rings (SSSR count). The Kier molecular flexibility index (Phi) is 6.12. The molecular weight excluding hydrogens is 407 g/mol. The summed E-state index contributed by atoms with van der Waals surface area (Å²) in [7, 11) is 0. The number of hydrogen-bond donors (Lipinski definition) is 1. The number of rotatable bonds is 5. The highest BCUT2D eigenvalue weighted by Gasteiger charge is 2.29. The Bertz CT molecular complexity index is 1180. The summed E-state index contributed by atoms with van der Waals surface area (Å²) in [6.45, 7) is 7.96. The molecule has 1 N–H and O–H groups in total. The third kappa shape index (κ3) is 4.44. The van der Waals surface area contributed by atoms with Gasteiger partial charge in [0.25, 0.3) is 0 Å². The highest BCUT2D eigenvalue weighted by Crippen LogP contribution is 2.32. The number of ether oxygens (including phenoxy) is 1. The van der Waals surface area contributed by atoms with Crippen molar-refractivity contribution in [1.82, 2.24) is 0 Å². The highest BCUT2D eigenvalue weighted by molar-refractivity contribution is 6.06. The first-order valence-electron chi connectivity index (χ1n) is 10.9. The molecule has 6 heteroatoms. The lowest BCUT2D eigenvalue weighted by Crippen LogP contribution is -2.14. The lowest BCUT2D eigenvalue weighted by molar-refractivity contribution is 0.0696. The molecule has 0 radical (unpaired) electrons. The number of nitrogens with zero attached hydrogens (tertiary/aromatic N) is 1. The molecule has 0 spiro atoms. The van der Waals surface area contributed by atoms with E-state index in [1.165, 1.54) is 12.1 Å². The van der Waals surface area contributed by atoms with E-state index in [1.54, 1.807) is 12.1 Å². The number of furan rings is 1. The number of carbonyl (C=O) groups is 1. The molecule has 0 atom stereocenters. The van der Waals surface area contributed by atoms with Gasteiger partial charge in [-0.25, -0.2) is 9.18 Å². The second kappa shape index (κ2) is 8.99. The quantitative estimate of drug-likeness (QED) is 0.282. The Morgan fingerprint density at radius 2 is 1.88 bits per heavy atom. The van der Waals surface area contributed by atoms with Gasteiger partial charge in [0.05, 0.1) is 11.4 Å². The van der Waals surface area contributed by atoms with Crippen LogP contribution in [0.2, 0.25) is 0 Å². The molecule has 0 amide bonds. The molecule has 0 saturated carbocycles. The van der Waals surface area contributed by atoms with Crippen molar-refractivity contribution in [2.24, 2.45) is 5.10 Å². The van der Waals surface area contributed by atoms with Gasteiger partial charge in [-0.3, -0.25) is 5.43 Å². The molecule has 0 aliphatic heterocycles. The van der Waals surface area contributed by atoms with Crippen LogP contribution in [0.15, 0.2) is 52.0 Å². The van der Waals surface area contributed by atoms with E-state index in [0.29, 0.717) is 11.4 Å². The fraction of sp³-hybridized carbons (Fsp3) is 0.308. The fourth-order valence-electron chi connectivity index (χ4n) is 3.98. The fourth-order valence-corrected chi connectivity index (χ4v) is 3.98. The average Bonchev–Trinajstić information content (AvgIpc) is 3.10. The first kappa shape index (κ1) is 21.8. The molecule has 1 heterocycles. The Hall–Kier alpha value is -3.41. The van der Waals surface area contributed by atoms with Gasteiger partial charge in [-0.05, 0) is 74.1 Å². The number of fused-ring (bicyclic) bond motifs is 1. The number of aryl methyl sites for hydroxylation is 2. The van der Waals surface area contributed by atoms with Crippen LogP contribution < -0.4 is 10.2 Å². The minimum atomic E-state index is -0.504. The minimum absolute atomic E-state index is 0.211. The standard InChI is InChI=1S/C26H27FN2O3/c1-15(2)20-13-8-16(3)14-23(20)32-26(30)25-17(4)24-21(6-5-7-22(24)31-25)29-28-19-11-9-18(27)10-12-19/h8-15,28H,5-7H2,1-4H3/b29-21+. The third-order valence-corrected chi connectivity index (χ3v) is 5.67. The van der Waals surface area contributed by atoms with Crippen molar-refractivity contribution in [3.05, 3.63) is 82.1 Å². The van der Waals surface area contributed by atoms with Gasteiger partial charge < -0.3 is 9.15 Å². The van der Waals surface area contributed by atoms with Crippen molar-refractivity contribution >= 4 is 17.4 Å². The van der Waals surface area contributed by atoms with Crippen LogP contribution in [0.1, 0.15) is 71.2 Å². The smallest absolute Gasteiger partial charge is 0.379 e. The van der Waals surface area contributed by atoms with Gasteiger partial charge in [-0.2, -0.15) is 5.10 Å². The second-order valence-corrected chi connectivity index (χ2v) is 8.47. The van der Waals surface area contributed by atoms with Crippen LogP contribution >= 0.6 is 0 Å².